The molecule has 0 saturated heterocycles. The van der Waals surface area contributed by atoms with Crippen molar-refractivity contribution >= 4 is 0 Å². The molecule has 1 unspecified atom stereocenters. The second-order valence-electron chi connectivity index (χ2n) is 4.80. The third kappa shape index (κ3) is 3.21. The van der Waals surface area contributed by atoms with Crippen molar-refractivity contribution in [3.05, 3.63) is 70.8 Å². The summed E-state index contributed by atoms with van der Waals surface area (Å²) in [6.07, 6.45) is 1.29. The quantitative estimate of drug-likeness (QED) is 0.861. The van der Waals surface area contributed by atoms with Crippen molar-refractivity contribution in [2.75, 3.05) is 0 Å². The molecule has 0 amide bonds. The molecule has 2 aromatic rings. The largest absolute Gasteiger partial charge is 0.388 e. The second kappa shape index (κ2) is 5.83. The van der Waals surface area contributed by atoms with Gasteiger partial charge in [-0.15, -0.1) is 0 Å². The van der Waals surface area contributed by atoms with Crippen LogP contribution in [0.2, 0.25) is 0 Å². The molecule has 1 nitrogen and oxygen atoms in total. The Bertz CT molecular complexity index is 499. The molecule has 0 heterocycles. The Hall–Kier alpha value is -1.60. The van der Waals surface area contributed by atoms with Crippen LogP contribution in [0.3, 0.4) is 0 Å². The maximum absolute atomic E-state index is 10.2. The summed E-state index contributed by atoms with van der Waals surface area (Å²) < 4.78 is 0. The summed E-state index contributed by atoms with van der Waals surface area (Å²) >= 11 is 0. The first kappa shape index (κ1) is 12.8. The molecule has 0 aliphatic rings. The maximum atomic E-state index is 10.2. The first-order valence-electron chi connectivity index (χ1n) is 6.51. The normalized spacial score (nSPS) is 12.4. The minimum atomic E-state index is -0.419. The van der Waals surface area contributed by atoms with Gasteiger partial charge in [0, 0.05) is 6.42 Å². The Morgan fingerprint density at radius 2 is 1.72 bits per heavy atom. The van der Waals surface area contributed by atoms with Gasteiger partial charge in [-0.25, -0.2) is 0 Å². The van der Waals surface area contributed by atoms with Crippen molar-refractivity contribution in [1.29, 1.82) is 0 Å². The molecule has 0 aliphatic heterocycles. The molecular formula is C17H20O. The van der Waals surface area contributed by atoms with Gasteiger partial charge in [-0.3, -0.25) is 0 Å². The summed E-state index contributed by atoms with van der Waals surface area (Å²) in [6, 6.07) is 16.5. The summed E-state index contributed by atoms with van der Waals surface area (Å²) in [7, 11) is 0. The Labute approximate surface area is 109 Å². The van der Waals surface area contributed by atoms with Crippen LogP contribution in [-0.2, 0) is 12.8 Å². The highest BCUT2D eigenvalue weighted by atomic mass is 16.3. The molecule has 0 radical (unpaired) electrons. The van der Waals surface area contributed by atoms with Gasteiger partial charge in [-0.05, 0) is 30.0 Å². The molecule has 18 heavy (non-hydrogen) atoms. The van der Waals surface area contributed by atoms with Crippen LogP contribution in [0.1, 0.15) is 35.3 Å². The van der Waals surface area contributed by atoms with E-state index in [1.807, 2.05) is 18.2 Å². The van der Waals surface area contributed by atoms with Gasteiger partial charge in [0.2, 0.25) is 0 Å². The number of aryl methyl sites for hydroxylation is 2. The first-order valence-corrected chi connectivity index (χ1v) is 6.51. The van der Waals surface area contributed by atoms with Gasteiger partial charge in [0.15, 0.2) is 0 Å². The predicted octanol–water partition coefficient (Wildman–Crippen LogP) is 3.83. The number of hydrogen-bond donors (Lipinski definition) is 1. The molecule has 1 N–H and O–H groups in total. The summed E-state index contributed by atoms with van der Waals surface area (Å²) in [4.78, 5) is 0. The van der Waals surface area contributed by atoms with E-state index in [2.05, 4.69) is 44.2 Å². The second-order valence-corrected chi connectivity index (χ2v) is 4.80. The molecule has 2 rings (SSSR count). The van der Waals surface area contributed by atoms with E-state index in [1.54, 1.807) is 0 Å². The van der Waals surface area contributed by atoms with Gasteiger partial charge >= 0.3 is 0 Å². The molecule has 94 valence electrons. The molecule has 1 atom stereocenters. The summed E-state index contributed by atoms with van der Waals surface area (Å²) in [5, 5.41) is 10.2. The average Bonchev–Trinajstić information content (AvgIpc) is 2.39. The highest BCUT2D eigenvalue weighted by molar-refractivity contribution is 5.27. The Morgan fingerprint density at radius 3 is 2.33 bits per heavy atom. The van der Waals surface area contributed by atoms with Gasteiger partial charge in [-0.1, -0.05) is 61.0 Å². The van der Waals surface area contributed by atoms with Crippen LogP contribution in [-0.4, -0.2) is 5.11 Å². The summed E-state index contributed by atoms with van der Waals surface area (Å²) in [5.41, 5.74) is 4.72. The Kier molecular flexibility index (Phi) is 4.16. The summed E-state index contributed by atoms with van der Waals surface area (Å²) in [5.74, 6) is 0. The standard InChI is InChI=1S/C17H20O/c1-3-14-7-9-16(10-8-14)17(18)12-15-6-4-5-13(2)11-15/h4-11,17-18H,3,12H2,1-2H3. The van der Waals surface area contributed by atoms with E-state index in [1.165, 1.54) is 16.7 Å². The van der Waals surface area contributed by atoms with Crippen LogP contribution in [0.15, 0.2) is 48.5 Å². The van der Waals surface area contributed by atoms with E-state index in [9.17, 15) is 5.11 Å². The Balaban J connectivity index is 2.09. The van der Waals surface area contributed by atoms with Crippen molar-refractivity contribution in [2.24, 2.45) is 0 Å². The van der Waals surface area contributed by atoms with Crippen LogP contribution in [0.25, 0.3) is 0 Å². The lowest BCUT2D eigenvalue weighted by Crippen LogP contribution is -2.02. The van der Waals surface area contributed by atoms with Gasteiger partial charge in [-0.2, -0.15) is 0 Å². The average molecular weight is 240 g/mol. The van der Waals surface area contributed by atoms with Crippen LogP contribution in [0.4, 0.5) is 0 Å². The fourth-order valence-corrected chi connectivity index (χ4v) is 2.16. The zero-order chi connectivity index (χ0) is 13.0. The molecule has 0 saturated carbocycles. The zero-order valence-electron chi connectivity index (χ0n) is 11.1. The van der Waals surface area contributed by atoms with Gasteiger partial charge < -0.3 is 5.11 Å². The molecule has 1 heteroatoms. The van der Waals surface area contributed by atoms with E-state index < -0.39 is 6.10 Å². The highest BCUT2D eigenvalue weighted by Crippen LogP contribution is 2.19. The predicted molar refractivity (Wildman–Crippen MR) is 75.7 cm³/mol. The number of benzene rings is 2. The maximum Gasteiger partial charge on any atom is 0.0830 e. The fraction of sp³-hybridized carbons (Fsp3) is 0.294. The lowest BCUT2D eigenvalue weighted by atomic mass is 9.99. The summed E-state index contributed by atoms with van der Waals surface area (Å²) in [6.45, 7) is 4.21. The van der Waals surface area contributed by atoms with E-state index in [0.29, 0.717) is 6.42 Å². The molecule has 0 aliphatic carbocycles. The van der Waals surface area contributed by atoms with Crippen molar-refractivity contribution in [3.8, 4) is 0 Å². The number of aliphatic hydroxyl groups is 1. The molecule has 2 aromatic carbocycles. The van der Waals surface area contributed by atoms with Crippen molar-refractivity contribution < 1.29 is 5.11 Å². The van der Waals surface area contributed by atoms with Crippen LogP contribution in [0.5, 0.6) is 0 Å². The lowest BCUT2D eigenvalue weighted by Gasteiger charge is -2.12. The van der Waals surface area contributed by atoms with Crippen LogP contribution >= 0.6 is 0 Å². The number of rotatable bonds is 4. The van der Waals surface area contributed by atoms with Crippen LogP contribution in [0, 0.1) is 6.92 Å². The van der Waals surface area contributed by atoms with E-state index in [4.69, 9.17) is 0 Å². The molecule has 0 bridgehead atoms. The van der Waals surface area contributed by atoms with Gasteiger partial charge in [0.05, 0.1) is 6.10 Å². The third-order valence-electron chi connectivity index (χ3n) is 3.28. The fourth-order valence-electron chi connectivity index (χ4n) is 2.16. The first-order chi connectivity index (χ1) is 8.69. The van der Waals surface area contributed by atoms with E-state index >= 15 is 0 Å². The lowest BCUT2D eigenvalue weighted by molar-refractivity contribution is 0.178. The van der Waals surface area contributed by atoms with Gasteiger partial charge in [0.25, 0.3) is 0 Å². The van der Waals surface area contributed by atoms with Gasteiger partial charge in [0.1, 0.15) is 0 Å². The molecular weight excluding hydrogens is 220 g/mol. The smallest absolute Gasteiger partial charge is 0.0830 e. The SMILES string of the molecule is CCc1ccc(C(O)Cc2cccc(C)c2)cc1. The van der Waals surface area contributed by atoms with E-state index in [0.717, 1.165) is 12.0 Å². The third-order valence-corrected chi connectivity index (χ3v) is 3.28. The van der Waals surface area contributed by atoms with E-state index in [-0.39, 0.29) is 0 Å². The number of hydrogen-bond acceptors (Lipinski definition) is 1. The number of aliphatic hydroxyl groups excluding tert-OH is 1. The van der Waals surface area contributed by atoms with Crippen molar-refractivity contribution in [3.63, 3.8) is 0 Å². The monoisotopic (exact) mass is 240 g/mol. The minimum absolute atomic E-state index is 0.419. The topological polar surface area (TPSA) is 20.2 Å². The zero-order valence-corrected chi connectivity index (χ0v) is 11.1. The minimum Gasteiger partial charge on any atom is -0.388 e. The van der Waals surface area contributed by atoms with Crippen molar-refractivity contribution in [2.45, 2.75) is 32.8 Å². The van der Waals surface area contributed by atoms with Crippen LogP contribution < -0.4 is 0 Å². The highest BCUT2D eigenvalue weighted by Gasteiger charge is 2.08. The molecule has 0 spiro atoms. The van der Waals surface area contributed by atoms with Crippen molar-refractivity contribution in [1.82, 2.24) is 0 Å². The molecule has 0 aromatic heterocycles. The molecule has 0 fully saturated rings. The Morgan fingerprint density at radius 1 is 1.00 bits per heavy atom.